The summed E-state index contributed by atoms with van der Waals surface area (Å²) >= 11 is 6.16. The lowest BCUT2D eigenvalue weighted by Gasteiger charge is -2.14. The minimum atomic E-state index is -3.24. The van der Waals surface area contributed by atoms with Gasteiger partial charge in [-0.05, 0) is 36.8 Å². The molecule has 1 N–H and O–H groups in total. The maximum atomic E-state index is 12.3. The number of aromatic nitrogens is 1. The van der Waals surface area contributed by atoms with Gasteiger partial charge in [-0.1, -0.05) is 35.9 Å². The molecule has 0 spiro atoms. The molecule has 1 heterocycles. The molecule has 29 heavy (non-hydrogen) atoms. The summed E-state index contributed by atoms with van der Waals surface area (Å²) < 4.78 is 28.8. The number of oxazole rings is 1. The van der Waals surface area contributed by atoms with Crippen molar-refractivity contribution in [2.24, 2.45) is 0 Å². The second-order valence-corrected chi connectivity index (χ2v) is 9.15. The second-order valence-electron chi connectivity index (χ2n) is 6.73. The number of carbonyl (C=O) groups excluding carboxylic acids is 1. The van der Waals surface area contributed by atoms with Crippen LogP contribution < -0.4 is 5.32 Å². The van der Waals surface area contributed by atoms with Crippen molar-refractivity contribution in [1.29, 1.82) is 0 Å². The highest BCUT2D eigenvalue weighted by Gasteiger charge is 2.14. The average molecular weight is 433 g/mol. The number of halogens is 1. The molecule has 0 saturated heterocycles. The Morgan fingerprint density at radius 3 is 2.52 bits per heavy atom. The quantitative estimate of drug-likeness (QED) is 0.604. The van der Waals surface area contributed by atoms with Crippen LogP contribution in [-0.4, -0.2) is 25.6 Å². The van der Waals surface area contributed by atoms with Crippen molar-refractivity contribution in [3.8, 4) is 11.3 Å². The van der Waals surface area contributed by atoms with Crippen LogP contribution in [0.25, 0.3) is 11.3 Å². The first kappa shape index (κ1) is 21.1. The van der Waals surface area contributed by atoms with Crippen LogP contribution in [0, 0.1) is 0 Å². The third-order valence-corrected chi connectivity index (χ3v) is 5.90. The molecule has 0 saturated carbocycles. The summed E-state index contributed by atoms with van der Waals surface area (Å²) in [4.78, 5) is 16.7. The molecule has 1 amide bonds. The van der Waals surface area contributed by atoms with Gasteiger partial charge in [0.25, 0.3) is 0 Å². The maximum absolute atomic E-state index is 12.3. The zero-order valence-corrected chi connectivity index (χ0v) is 17.6. The van der Waals surface area contributed by atoms with Crippen molar-refractivity contribution in [3.63, 3.8) is 0 Å². The Morgan fingerprint density at radius 2 is 1.86 bits per heavy atom. The Balaban J connectivity index is 1.55. The summed E-state index contributed by atoms with van der Waals surface area (Å²) in [5, 5.41) is 3.47. The number of hydrogen-bond acceptors (Lipinski definition) is 5. The summed E-state index contributed by atoms with van der Waals surface area (Å²) in [5.41, 5.74) is 1.58. The summed E-state index contributed by atoms with van der Waals surface area (Å²) in [6.45, 7) is 1.84. The molecule has 0 aliphatic carbocycles. The van der Waals surface area contributed by atoms with Gasteiger partial charge in [0.2, 0.25) is 5.91 Å². The van der Waals surface area contributed by atoms with Gasteiger partial charge in [0.05, 0.1) is 22.2 Å². The standard InChI is InChI=1S/C21H21ClN2O4S/c1-14(15-7-9-16(10-8-15)29(2,26)27)24-20(25)11-12-21-23-13-19(28-21)17-5-3-4-6-18(17)22/h3-10,13-14H,11-12H2,1-2H3,(H,24,25). The SMILES string of the molecule is CC(NC(=O)CCc1ncc(-c2ccccc2Cl)o1)c1ccc(S(C)(=O)=O)cc1. The van der Waals surface area contributed by atoms with Crippen LogP contribution in [-0.2, 0) is 21.1 Å². The largest absolute Gasteiger partial charge is 0.441 e. The lowest BCUT2D eigenvalue weighted by Crippen LogP contribution is -2.26. The van der Waals surface area contributed by atoms with E-state index in [1.54, 1.807) is 24.4 Å². The van der Waals surface area contributed by atoms with E-state index in [0.717, 1.165) is 17.4 Å². The van der Waals surface area contributed by atoms with Crippen molar-refractivity contribution in [2.45, 2.75) is 30.7 Å². The van der Waals surface area contributed by atoms with E-state index in [0.29, 0.717) is 23.1 Å². The Kier molecular flexibility index (Phi) is 6.39. The van der Waals surface area contributed by atoms with Crippen molar-refractivity contribution in [3.05, 3.63) is 71.2 Å². The fourth-order valence-electron chi connectivity index (χ4n) is 2.83. The van der Waals surface area contributed by atoms with Crippen LogP contribution in [0.4, 0.5) is 0 Å². The highest BCUT2D eigenvalue weighted by molar-refractivity contribution is 7.90. The number of benzene rings is 2. The smallest absolute Gasteiger partial charge is 0.220 e. The van der Waals surface area contributed by atoms with E-state index in [2.05, 4.69) is 10.3 Å². The molecule has 0 aliphatic rings. The topological polar surface area (TPSA) is 89.3 Å². The number of nitrogens with zero attached hydrogens (tertiary/aromatic N) is 1. The van der Waals surface area contributed by atoms with Gasteiger partial charge in [-0.25, -0.2) is 13.4 Å². The molecule has 0 radical (unpaired) electrons. The van der Waals surface area contributed by atoms with Gasteiger partial charge in [-0.3, -0.25) is 4.79 Å². The number of hydrogen-bond donors (Lipinski definition) is 1. The molecule has 0 aliphatic heterocycles. The van der Waals surface area contributed by atoms with E-state index in [1.165, 1.54) is 12.1 Å². The van der Waals surface area contributed by atoms with Gasteiger partial charge >= 0.3 is 0 Å². The molecular weight excluding hydrogens is 412 g/mol. The summed E-state index contributed by atoms with van der Waals surface area (Å²) in [6, 6.07) is 13.5. The van der Waals surface area contributed by atoms with Crippen LogP contribution in [0.1, 0.15) is 30.8 Å². The first-order valence-electron chi connectivity index (χ1n) is 9.03. The van der Waals surface area contributed by atoms with Gasteiger partial charge in [0, 0.05) is 24.7 Å². The molecule has 152 valence electrons. The van der Waals surface area contributed by atoms with Gasteiger partial charge in [-0.15, -0.1) is 0 Å². The van der Waals surface area contributed by atoms with E-state index in [1.807, 2.05) is 25.1 Å². The number of carbonyl (C=O) groups is 1. The molecule has 2 aromatic carbocycles. The Morgan fingerprint density at radius 1 is 1.17 bits per heavy atom. The Hall–Kier alpha value is -2.64. The third kappa shape index (κ3) is 5.46. The van der Waals surface area contributed by atoms with Crippen LogP contribution in [0.2, 0.25) is 5.02 Å². The molecular formula is C21H21ClN2O4S. The Bertz CT molecular complexity index is 1110. The van der Waals surface area contributed by atoms with E-state index in [-0.39, 0.29) is 23.3 Å². The lowest BCUT2D eigenvalue weighted by molar-refractivity contribution is -0.121. The predicted octanol–water partition coefficient (Wildman–Crippen LogP) is 4.21. The molecule has 3 rings (SSSR count). The fourth-order valence-corrected chi connectivity index (χ4v) is 3.69. The van der Waals surface area contributed by atoms with Gasteiger partial charge in [-0.2, -0.15) is 0 Å². The van der Waals surface area contributed by atoms with Crippen molar-refractivity contribution in [2.75, 3.05) is 6.26 Å². The lowest BCUT2D eigenvalue weighted by atomic mass is 10.1. The summed E-state index contributed by atoms with van der Waals surface area (Å²) in [5.74, 6) is 0.868. The van der Waals surface area contributed by atoms with Crippen molar-refractivity contribution >= 4 is 27.3 Å². The first-order valence-corrected chi connectivity index (χ1v) is 11.3. The monoisotopic (exact) mass is 432 g/mol. The minimum absolute atomic E-state index is 0.151. The average Bonchev–Trinajstić information content (AvgIpc) is 3.15. The molecule has 1 atom stereocenters. The van der Waals surface area contributed by atoms with Crippen LogP contribution >= 0.6 is 11.6 Å². The third-order valence-electron chi connectivity index (χ3n) is 4.44. The van der Waals surface area contributed by atoms with Crippen LogP contribution in [0.3, 0.4) is 0 Å². The number of aryl methyl sites for hydroxylation is 1. The molecule has 6 nitrogen and oxygen atoms in total. The van der Waals surface area contributed by atoms with E-state index in [4.69, 9.17) is 16.0 Å². The fraction of sp³-hybridized carbons (Fsp3) is 0.238. The highest BCUT2D eigenvalue weighted by atomic mass is 35.5. The maximum Gasteiger partial charge on any atom is 0.220 e. The van der Waals surface area contributed by atoms with Crippen molar-refractivity contribution in [1.82, 2.24) is 10.3 Å². The molecule has 1 aromatic heterocycles. The Labute approximate surface area is 174 Å². The zero-order chi connectivity index (χ0) is 21.0. The second kappa shape index (κ2) is 8.80. The van der Waals surface area contributed by atoms with E-state index < -0.39 is 9.84 Å². The van der Waals surface area contributed by atoms with Gasteiger partial charge in [0.15, 0.2) is 21.5 Å². The number of sulfone groups is 1. The minimum Gasteiger partial charge on any atom is -0.441 e. The summed E-state index contributed by atoms with van der Waals surface area (Å²) in [6.07, 6.45) is 3.33. The molecule has 0 fully saturated rings. The summed E-state index contributed by atoms with van der Waals surface area (Å²) in [7, 11) is -3.24. The molecule has 0 bridgehead atoms. The van der Waals surface area contributed by atoms with Crippen LogP contribution in [0.15, 0.2) is 64.0 Å². The molecule has 1 unspecified atom stereocenters. The normalized spacial score (nSPS) is 12.5. The van der Waals surface area contributed by atoms with Gasteiger partial charge in [0.1, 0.15) is 0 Å². The number of nitrogens with one attached hydrogen (secondary N) is 1. The highest BCUT2D eigenvalue weighted by Crippen LogP contribution is 2.28. The molecule has 3 aromatic rings. The van der Waals surface area contributed by atoms with E-state index >= 15 is 0 Å². The van der Waals surface area contributed by atoms with Crippen LogP contribution in [0.5, 0.6) is 0 Å². The van der Waals surface area contributed by atoms with Crippen molar-refractivity contribution < 1.29 is 17.6 Å². The number of amides is 1. The van der Waals surface area contributed by atoms with Gasteiger partial charge < -0.3 is 9.73 Å². The first-order chi connectivity index (χ1) is 13.7. The molecule has 8 heteroatoms. The van der Waals surface area contributed by atoms with E-state index in [9.17, 15) is 13.2 Å². The zero-order valence-electron chi connectivity index (χ0n) is 16.1. The number of rotatable bonds is 7. The predicted molar refractivity (Wildman–Crippen MR) is 111 cm³/mol.